The predicted molar refractivity (Wildman–Crippen MR) is 47.3 cm³/mol. The summed E-state index contributed by atoms with van der Waals surface area (Å²) in [4.78, 5) is 20.4. The van der Waals surface area contributed by atoms with Gasteiger partial charge < -0.3 is 9.84 Å². The van der Waals surface area contributed by atoms with E-state index >= 15 is 0 Å². The molecule has 4 nitrogen and oxygen atoms in total. The van der Waals surface area contributed by atoms with Crippen molar-refractivity contribution in [2.24, 2.45) is 0 Å². The van der Waals surface area contributed by atoms with Crippen LogP contribution in [0.3, 0.4) is 0 Å². The van der Waals surface area contributed by atoms with Crippen LogP contribution >= 0.6 is 0 Å². The number of hydrogen-bond acceptors (Lipinski definition) is 3. The van der Waals surface area contributed by atoms with Crippen LogP contribution in [0.2, 0.25) is 0 Å². The SMILES string of the molecule is CCC/C(C)=C/COC(=O)C(=O)O. The minimum Gasteiger partial charge on any atom is -0.473 e. The molecule has 0 spiro atoms. The summed E-state index contributed by atoms with van der Waals surface area (Å²) < 4.78 is 4.41. The van der Waals surface area contributed by atoms with Crippen molar-refractivity contribution in [3.8, 4) is 0 Å². The van der Waals surface area contributed by atoms with Crippen molar-refractivity contribution >= 4 is 11.9 Å². The number of hydrogen-bond donors (Lipinski definition) is 1. The molecule has 0 amide bonds. The second-order valence-electron chi connectivity index (χ2n) is 2.70. The number of ether oxygens (including phenoxy) is 1. The lowest BCUT2D eigenvalue weighted by molar-refractivity contribution is -0.163. The number of carbonyl (C=O) groups excluding carboxylic acids is 1. The molecule has 0 unspecified atom stereocenters. The van der Waals surface area contributed by atoms with E-state index in [0.29, 0.717) is 0 Å². The average Bonchev–Trinajstić information content (AvgIpc) is 2.04. The van der Waals surface area contributed by atoms with Gasteiger partial charge in [0.15, 0.2) is 0 Å². The van der Waals surface area contributed by atoms with Crippen LogP contribution < -0.4 is 0 Å². The first-order valence-electron chi connectivity index (χ1n) is 4.13. The van der Waals surface area contributed by atoms with Gasteiger partial charge in [-0.25, -0.2) is 9.59 Å². The molecule has 0 saturated heterocycles. The Morgan fingerprint density at radius 3 is 2.54 bits per heavy atom. The largest absolute Gasteiger partial charge is 0.473 e. The molecule has 0 aliphatic rings. The third-order valence-corrected chi connectivity index (χ3v) is 1.47. The lowest BCUT2D eigenvalue weighted by Gasteiger charge is -1.99. The van der Waals surface area contributed by atoms with Crippen molar-refractivity contribution in [1.82, 2.24) is 0 Å². The van der Waals surface area contributed by atoms with Crippen molar-refractivity contribution in [3.63, 3.8) is 0 Å². The van der Waals surface area contributed by atoms with E-state index < -0.39 is 11.9 Å². The van der Waals surface area contributed by atoms with Crippen molar-refractivity contribution in [2.75, 3.05) is 6.61 Å². The van der Waals surface area contributed by atoms with E-state index in [9.17, 15) is 9.59 Å². The Labute approximate surface area is 77.2 Å². The Kier molecular flexibility index (Phi) is 5.59. The number of carbonyl (C=O) groups is 2. The first-order valence-corrected chi connectivity index (χ1v) is 4.13. The molecule has 0 heterocycles. The molecule has 0 aliphatic carbocycles. The first kappa shape index (κ1) is 11.7. The van der Waals surface area contributed by atoms with Crippen LogP contribution in [0.4, 0.5) is 0 Å². The van der Waals surface area contributed by atoms with Crippen molar-refractivity contribution < 1.29 is 19.4 Å². The molecule has 0 aromatic rings. The number of aliphatic carboxylic acids is 1. The van der Waals surface area contributed by atoms with E-state index in [1.165, 1.54) is 0 Å². The van der Waals surface area contributed by atoms with E-state index in [0.717, 1.165) is 18.4 Å². The molecule has 13 heavy (non-hydrogen) atoms. The molecule has 0 saturated carbocycles. The van der Waals surface area contributed by atoms with Crippen molar-refractivity contribution in [2.45, 2.75) is 26.7 Å². The number of rotatable bonds is 4. The summed E-state index contributed by atoms with van der Waals surface area (Å²) in [6, 6.07) is 0. The molecule has 0 radical (unpaired) electrons. The molecular formula is C9H14O4. The van der Waals surface area contributed by atoms with E-state index in [-0.39, 0.29) is 6.61 Å². The second kappa shape index (κ2) is 6.22. The fourth-order valence-corrected chi connectivity index (χ4v) is 0.818. The van der Waals surface area contributed by atoms with Crippen LogP contribution in [0.15, 0.2) is 11.6 Å². The minimum absolute atomic E-state index is 0.0387. The molecule has 4 heteroatoms. The molecule has 0 rings (SSSR count). The van der Waals surface area contributed by atoms with E-state index in [2.05, 4.69) is 4.74 Å². The molecule has 0 aliphatic heterocycles. The van der Waals surface area contributed by atoms with Crippen molar-refractivity contribution in [1.29, 1.82) is 0 Å². The van der Waals surface area contributed by atoms with E-state index in [1.54, 1.807) is 6.08 Å². The Morgan fingerprint density at radius 1 is 1.46 bits per heavy atom. The molecule has 0 aromatic carbocycles. The molecule has 0 aromatic heterocycles. The second-order valence-corrected chi connectivity index (χ2v) is 2.70. The monoisotopic (exact) mass is 186 g/mol. The zero-order valence-electron chi connectivity index (χ0n) is 7.87. The maximum Gasteiger partial charge on any atom is 0.417 e. The summed E-state index contributed by atoms with van der Waals surface area (Å²) >= 11 is 0. The van der Waals surface area contributed by atoms with Gasteiger partial charge >= 0.3 is 11.9 Å². The molecule has 1 N–H and O–H groups in total. The highest BCUT2D eigenvalue weighted by atomic mass is 16.6. The Hall–Kier alpha value is -1.32. The van der Waals surface area contributed by atoms with E-state index in [1.807, 2.05) is 13.8 Å². The minimum atomic E-state index is -1.55. The highest BCUT2D eigenvalue weighted by Crippen LogP contribution is 2.02. The van der Waals surface area contributed by atoms with Gasteiger partial charge in [-0.1, -0.05) is 18.9 Å². The quantitative estimate of drug-likeness (QED) is 0.409. The summed E-state index contributed by atoms with van der Waals surface area (Å²) in [6.45, 7) is 4.00. The van der Waals surface area contributed by atoms with Gasteiger partial charge in [0.1, 0.15) is 6.61 Å². The average molecular weight is 186 g/mol. The van der Waals surface area contributed by atoms with Gasteiger partial charge in [0, 0.05) is 0 Å². The highest BCUT2D eigenvalue weighted by molar-refractivity contribution is 6.28. The Balaban J connectivity index is 3.72. The summed E-state index contributed by atoms with van der Waals surface area (Å²) in [5.74, 6) is -2.76. The van der Waals surface area contributed by atoms with Crippen molar-refractivity contribution in [3.05, 3.63) is 11.6 Å². The number of esters is 1. The zero-order valence-corrected chi connectivity index (χ0v) is 7.87. The standard InChI is InChI=1S/C9H14O4/c1-3-4-7(2)5-6-13-9(12)8(10)11/h5H,3-4,6H2,1-2H3,(H,10,11)/b7-5+. The normalized spacial score (nSPS) is 11.1. The molecule has 0 fully saturated rings. The first-order chi connectivity index (χ1) is 6.07. The third-order valence-electron chi connectivity index (χ3n) is 1.47. The number of allylic oxidation sites excluding steroid dienone is 1. The predicted octanol–water partition coefficient (Wildman–Crippen LogP) is 1.36. The lowest BCUT2D eigenvalue weighted by atomic mass is 10.2. The van der Waals surface area contributed by atoms with Gasteiger partial charge in [-0.15, -0.1) is 0 Å². The maximum absolute atomic E-state index is 10.4. The molecule has 0 bridgehead atoms. The summed E-state index contributed by atoms with van der Waals surface area (Å²) in [6.07, 6.45) is 3.67. The topological polar surface area (TPSA) is 63.6 Å². The maximum atomic E-state index is 10.4. The Morgan fingerprint density at radius 2 is 2.08 bits per heavy atom. The lowest BCUT2D eigenvalue weighted by Crippen LogP contribution is -2.16. The van der Waals surface area contributed by atoms with Gasteiger partial charge in [0.25, 0.3) is 0 Å². The highest BCUT2D eigenvalue weighted by Gasteiger charge is 2.10. The third kappa shape index (κ3) is 5.90. The van der Waals surface area contributed by atoms with Crippen LogP contribution in [-0.2, 0) is 14.3 Å². The fraction of sp³-hybridized carbons (Fsp3) is 0.556. The van der Waals surface area contributed by atoms with Crippen LogP contribution in [0.1, 0.15) is 26.7 Å². The van der Waals surface area contributed by atoms with Crippen LogP contribution in [0, 0.1) is 0 Å². The fourth-order valence-electron chi connectivity index (χ4n) is 0.818. The van der Waals surface area contributed by atoms with Gasteiger partial charge in [-0.3, -0.25) is 0 Å². The number of carboxylic acids is 1. The van der Waals surface area contributed by atoms with Gasteiger partial charge in [-0.05, 0) is 19.4 Å². The van der Waals surface area contributed by atoms with Gasteiger partial charge in [0.05, 0.1) is 0 Å². The van der Waals surface area contributed by atoms with Crippen LogP contribution in [0.5, 0.6) is 0 Å². The van der Waals surface area contributed by atoms with Crippen LogP contribution in [0.25, 0.3) is 0 Å². The van der Waals surface area contributed by atoms with Gasteiger partial charge in [0.2, 0.25) is 0 Å². The molecule has 74 valence electrons. The van der Waals surface area contributed by atoms with Crippen LogP contribution in [-0.4, -0.2) is 23.7 Å². The smallest absolute Gasteiger partial charge is 0.417 e. The molecular weight excluding hydrogens is 172 g/mol. The number of carboxylic acid groups (broad SMARTS) is 1. The molecule has 0 atom stereocenters. The summed E-state index contributed by atoms with van der Waals surface area (Å²) in [7, 11) is 0. The zero-order chi connectivity index (χ0) is 10.3. The van der Waals surface area contributed by atoms with E-state index in [4.69, 9.17) is 5.11 Å². The Bertz CT molecular complexity index is 218. The summed E-state index contributed by atoms with van der Waals surface area (Å²) in [5, 5.41) is 8.16. The summed E-state index contributed by atoms with van der Waals surface area (Å²) in [5.41, 5.74) is 1.10. The van der Waals surface area contributed by atoms with Gasteiger partial charge in [-0.2, -0.15) is 0 Å².